The van der Waals surface area contributed by atoms with Crippen LogP contribution in [0.3, 0.4) is 0 Å². The molecule has 0 aliphatic carbocycles. The summed E-state index contributed by atoms with van der Waals surface area (Å²) in [6.07, 6.45) is 0.996. The van der Waals surface area contributed by atoms with Gasteiger partial charge in [0.05, 0.1) is 13.1 Å². The Labute approximate surface area is 122 Å². The van der Waals surface area contributed by atoms with Crippen molar-refractivity contribution >= 4 is 49.1 Å². The fraction of sp³-hybridized carbons (Fsp3) is 0.545. The van der Waals surface area contributed by atoms with Gasteiger partial charge in [0, 0.05) is 6.04 Å². The highest BCUT2D eigenvalue weighted by molar-refractivity contribution is 9.12. The van der Waals surface area contributed by atoms with Crippen LogP contribution in [0.4, 0.5) is 0 Å². The molecule has 1 aromatic rings. The lowest BCUT2D eigenvalue weighted by molar-refractivity contribution is 0.0914. The topological polar surface area (TPSA) is 41.1 Å². The largest absolute Gasteiger partial charge is 0.349 e. The van der Waals surface area contributed by atoms with Crippen molar-refractivity contribution in [2.24, 2.45) is 5.92 Å². The van der Waals surface area contributed by atoms with E-state index in [0.29, 0.717) is 11.5 Å². The predicted octanol–water partition coefficient (Wildman–Crippen LogP) is 3.00. The zero-order valence-corrected chi connectivity index (χ0v) is 13.4. The standard InChI is InChI=1S/C11H14Br2N2OS/c1-6-5-14-3-2-8(6)15-11(16)7-4-9(12)17-10(7)13/h4,6,8,14H,2-3,5H2,1H3,(H,15,16). The maximum Gasteiger partial charge on any atom is 0.253 e. The van der Waals surface area contributed by atoms with Gasteiger partial charge in [-0.15, -0.1) is 11.3 Å². The lowest BCUT2D eigenvalue weighted by Crippen LogP contribution is -2.48. The van der Waals surface area contributed by atoms with E-state index in [1.807, 2.05) is 6.07 Å². The second kappa shape index (κ2) is 5.82. The number of halogens is 2. The first-order chi connectivity index (χ1) is 8.08. The van der Waals surface area contributed by atoms with Crippen LogP contribution in [0.5, 0.6) is 0 Å². The number of carbonyl (C=O) groups is 1. The smallest absolute Gasteiger partial charge is 0.253 e. The zero-order valence-electron chi connectivity index (χ0n) is 9.43. The van der Waals surface area contributed by atoms with Gasteiger partial charge < -0.3 is 10.6 Å². The van der Waals surface area contributed by atoms with Gasteiger partial charge in [-0.2, -0.15) is 0 Å². The molecule has 1 fully saturated rings. The Morgan fingerprint density at radius 3 is 2.94 bits per heavy atom. The molecule has 3 nitrogen and oxygen atoms in total. The average Bonchev–Trinajstić information content (AvgIpc) is 2.61. The number of hydrogen-bond acceptors (Lipinski definition) is 3. The quantitative estimate of drug-likeness (QED) is 0.826. The summed E-state index contributed by atoms with van der Waals surface area (Å²) >= 11 is 8.32. The molecule has 0 spiro atoms. The third-order valence-electron chi connectivity index (χ3n) is 3.00. The molecule has 2 unspecified atom stereocenters. The van der Waals surface area contributed by atoms with Gasteiger partial charge in [0.25, 0.3) is 5.91 Å². The Morgan fingerprint density at radius 1 is 1.59 bits per heavy atom. The molecule has 6 heteroatoms. The van der Waals surface area contributed by atoms with Crippen LogP contribution < -0.4 is 10.6 Å². The van der Waals surface area contributed by atoms with E-state index in [0.717, 1.165) is 27.1 Å². The molecule has 0 radical (unpaired) electrons. The minimum absolute atomic E-state index is 0.0116. The summed E-state index contributed by atoms with van der Waals surface area (Å²) < 4.78 is 1.84. The van der Waals surface area contributed by atoms with Crippen LogP contribution in [0.2, 0.25) is 0 Å². The van der Waals surface area contributed by atoms with Gasteiger partial charge >= 0.3 is 0 Å². The molecule has 2 rings (SSSR count). The lowest BCUT2D eigenvalue weighted by Gasteiger charge is -2.30. The van der Waals surface area contributed by atoms with E-state index in [9.17, 15) is 4.79 Å². The summed E-state index contributed by atoms with van der Waals surface area (Å²) in [4.78, 5) is 12.1. The number of hydrogen-bond donors (Lipinski definition) is 2. The maximum atomic E-state index is 12.1. The molecule has 1 amide bonds. The SMILES string of the molecule is CC1CNCCC1NC(=O)c1cc(Br)sc1Br. The van der Waals surface area contributed by atoms with Crippen LogP contribution in [-0.4, -0.2) is 25.0 Å². The van der Waals surface area contributed by atoms with E-state index in [2.05, 4.69) is 49.4 Å². The number of carbonyl (C=O) groups excluding carboxylic acids is 1. The molecule has 1 saturated heterocycles. The number of nitrogens with one attached hydrogen (secondary N) is 2. The van der Waals surface area contributed by atoms with E-state index in [1.54, 1.807) is 0 Å². The van der Waals surface area contributed by atoms with Gasteiger partial charge in [0.1, 0.15) is 0 Å². The maximum absolute atomic E-state index is 12.1. The van der Waals surface area contributed by atoms with Crippen LogP contribution in [-0.2, 0) is 0 Å². The third-order valence-corrected chi connectivity index (χ3v) is 5.34. The second-order valence-electron chi connectivity index (χ2n) is 4.29. The molecule has 17 heavy (non-hydrogen) atoms. The van der Waals surface area contributed by atoms with Crippen molar-refractivity contribution in [3.63, 3.8) is 0 Å². The average molecular weight is 382 g/mol. The Bertz CT molecular complexity index is 422. The molecule has 0 saturated carbocycles. The van der Waals surface area contributed by atoms with Gasteiger partial charge in [-0.25, -0.2) is 0 Å². The fourth-order valence-corrected chi connectivity index (χ4v) is 4.76. The van der Waals surface area contributed by atoms with Crippen molar-refractivity contribution < 1.29 is 4.79 Å². The van der Waals surface area contributed by atoms with E-state index in [-0.39, 0.29) is 11.9 Å². The minimum Gasteiger partial charge on any atom is -0.349 e. The molecule has 1 aliphatic rings. The molecule has 2 atom stereocenters. The highest BCUT2D eigenvalue weighted by atomic mass is 79.9. The monoisotopic (exact) mass is 380 g/mol. The highest BCUT2D eigenvalue weighted by Gasteiger charge is 2.24. The third kappa shape index (κ3) is 3.30. The molecular formula is C11H14Br2N2OS. The van der Waals surface area contributed by atoms with Crippen molar-refractivity contribution in [3.8, 4) is 0 Å². The number of thiophene rings is 1. The van der Waals surface area contributed by atoms with Crippen molar-refractivity contribution in [2.45, 2.75) is 19.4 Å². The number of rotatable bonds is 2. The molecule has 2 N–H and O–H groups in total. The summed E-state index contributed by atoms with van der Waals surface area (Å²) in [5.74, 6) is 0.492. The molecule has 1 aliphatic heterocycles. The minimum atomic E-state index is 0.0116. The summed E-state index contributed by atoms with van der Waals surface area (Å²) in [5, 5.41) is 6.44. The Morgan fingerprint density at radius 2 is 2.35 bits per heavy atom. The first kappa shape index (κ1) is 13.5. The van der Waals surface area contributed by atoms with Gasteiger partial charge in [0.15, 0.2) is 0 Å². The van der Waals surface area contributed by atoms with Crippen LogP contribution in [0.25, 0.3) is 0 Å². The van der Waals surface area contributed by atoms with Crippen LogP contribution in [0.15, 0.2) is 13.6 Å². The van der Waals surface area contributed by atoms with E-state index < -0.39 is 0 Å². The highest BCUT2D eigenvalue weighted by Crippen LogP contribution is 2.31. The first-order valence-corrected chi connectivity index (χ1v) is 7.94. The second-order valence-corrected chi connectivity index (χ2v) is 8.04. The van der Waals surface area contributed by atoms with E-state index in [1.165, 1.54) is 11.3 Å². The van der Waals surface area contributed by atoms with Gasteiger partial charge in [0.2, 0.25) is 0 Å². The Hall–Kier alpha value is 0.0900. The zero-order chi connectivity index (χ0) is 12.4. The molecule has 0 aromatic carbocycles. The lowest BCUT2D eigenvalue weighted by atomic mass is 9.95. The molecule has 1 aromatic heterocycles. The van der Waals surface area contributed by atoms with Crippen molar-refractivity contribution in [1.82, 2.24) is 10.6 Å². The van der Waals surface area contributed by atoms with Crippen LogP contribution in [0, 0.1) is 5.92 Å². The van der Waals surface area contributed by atoms with Crippen molar-refractivity contribution in [2.75, 3.05) is 13.1 Å². The summed E-state index contributed by atoms with van der Waals surface area (Å²) in [7, 11) is 0. The first-order valence-electron chi connectivity index (χ1n) is 5.54. The Kier molecular flexibility index (Phi) is 4.63. The van der Waals surface area contributed by atoms with E-state index >= 15 is 0 Å². The van der Waals surface area contributed by atoms with Crippen molar-refractivity contribution in [1.29, 1.82) is 0 Å². The summed E-state index contributed by atoms with van der Waals surface area (Å²) in [6.45, 7) is 4.11. The van der Waals surface area contributed by atoms with Gasteiger partial charge in [-0.05, 0) is 63.4 Å². The van der Waals surface area contributed by atoms with Crippen molar-refractivity contribution in [3.05, 3.63) is 19.2 Å². The molecule has 0 bridgehead atoms. The molecular weight excluding hydrogens is 368 g/mol. The number of amides is 1. The summed E-state index contributed by atoms with van der Waals surface area (Å²) in [5.41, 5.74) is 0.715. The van der Waals surface area contributed by atoms with Gasteiger partial charge in [-0.1, -0.05) is 6.92 Å². The van der Waals surface area contributed by atoms with Gasteiger partial charge in [-0.3, -0.25) is 4.79 Å². The molecule has 2 heterocycles. The van der Waals surface area contributed by atoms with Crippen LogP contribution in [0.1, 0.15) is 23.7 Å². The fourth-order valence-electron chi connectivity index (χ4n) is 1.97. The summed E-state index contributed by atoms with van der Waals surface area (Å²) in [6, 6.07) is 2.13. The van der Waals surface area contributed by atoms with E-state index in [4.69, 9.17) is 0 Å². The molecule has 94 valence electrons. The Balaban J connectivity index is 2.03. The predicted molar refractivity (Wildman–Crippen MR) is 77.6 cm³/mol. The normalized spacial score (nSPS) is 24.6. The number of piperidine rings is 1. The van der Waals surface area contributed by atoms with Crippen LogP contribution >= 0.6 is 43.2 Å².